The summed E-state index contributed by atoms with van der Waals surface area (Å²) >= 11 is 0. The van der Waals surface area contributed by atoms with Crippen molar-refractivity contribution in [2.24, 2.45) is 0 Å². The second kappa shape index (κ2) is 4.81. The van der Waals surface area contributed by atoms with Gasteiger partial charge < -0.3 is 5.32 Å². The van der Waals surface area contributed by atoms with Crippen LogP contribution in [0.25, 0.3) is 0 Å². The van der Waals surface area contributed by atoms with Gasteiger partial charge in [0.05, 0.1) is 0 Å². The summed E-state index contributed by atoms with van der Waals surface area (Å²) in [5, 5.41) is 3.47. The van der Waals surface area contributed by atoms with Gasteiger partial charge in [0, 0.05) is 12.0 Å². The summed E-state index contributed by atoms with van der Waals surface area (Å²) in [7, 11) is 0. The molecule has 0 amide bonds. The van der Waals surface area contributed by atoms with Gasteiger partial charge in [0.15, 0.2) is 0 Å². The molecule has 2 heteroatoms. The number of halogens is 1. The highest BCUT2D eigenvalue weighted by molar-refractivity contribution is 5.85. The summed E-state index contributed by atoms with van der Waals surface area (Å²) in [6, 6.07) is 10.8. The van der Waals surface area contributed by atoms with E-state index in [1.54, 1.807) is 0 Å². The van der Waals surface area contributed by atoms with Gasteiger partial charge in [-0.3, -0.25) is 0 Å². The van der Waals surface area contributed by atoms with Crippen molar-refractivity contribution in [3.05, 3.63) is 35.9 Å². The molecule has 0 radical (unpaired) electrons. The molecule has 78 valence electrons. The fraction of sp³-hybridized carbons (Fsp3) is 0.500. The molecular formula is C12H18ClN. The third-order valence-electron chi connectivity index (χ3n) is 3.07. The summed E-state index contributed by atoms with van der Waals surface area (Å²) in [6.07, 6.45) is 2.61. The van der Waals surface area contributed by atoms with E-state index in [0.29, 0.717) is 5.41 Å². The molecule has 1 aromatic rings. The number of rotatable bonds is 1. The molecule has 2 rings (SSSR count). The van der Waals surface area contributed by atoms with Crippen molar-refractivity contribution in [1.29, 1.82) is 0 Å². The summed E-state index contributed by atoms with van der Waals surface area (Å²) < 4.78 is 0. The SMILES string of the molecule is C[C@]1(c2ccccc2)CCCNC1.Cl. The Morgan fingerprint density at radius 2 is 1.93 bits per heavy atom. The van der Waals surface area contributed by atoms with Crippen molar-refractivity contribution < 1.29 is 0 Å². The number of benzene rings is 1. The lowest BCUT2D eigenvalue weighted by molar-refractivity contribution is 0.339. The molecule has 14 heavy (non-hydrogen) atoms. The van der Waals surface area contributed by atoms with Crippen LogP contribution in [0.5, 0.6) is 0 Å². The first-order valence-corrected chi connectivity index (χ1v) is 5.07. The van der Waals surface area contributed by atoms with Crippen LogP contribution < -0.4 is 5.32 Å². The van der Waals surface area contributed by atoms with Crippen LogP contribution in [-0.4, -0.2) is 13.1 Å². The van der Waals surface area contributed by atoms with E-state index in [9.17, 15) is 0 Å². The molecule has 1 nitrogen and oxygen atoms in total. The van der Waals surface area contributed by atoms with Crippen molar-refractivity contribution >= 4 is 12.4 Å². The Kier molecular flexibility index (Phi) is 3.97. The Bertz CT molecular complexity index is 265. The monoisotopic (exact) mass is 211 g/mol. The summed E-state index contributed by atoms with van der Waals surface area (Å²) in [6.45, 7) is 4.66. The van der Waals surface area contributed by atoms with Gasteiger partial charge in [-0.1, -0.05) is 37.3 Å². The molecular weight excluding hydrogens is 194 g/mol. The number of piperidine rings is 1. The first-order valence-electron chi connectivity index (χ1n) is 5.07. The highest BCUT2D eigenvalue weighted by atomic mass is 35.5. The third kappa shape index (κ3) is 2.28. The summed E-state index contributed by atoms with van der Waals surface area (Å²) in [5.41, 5.74) is 1.83. The first-order chi connectivity index (χ1) is 6.31. The van der Waals surface area contributed by atoms with Crippen LogP contribution in [0, 0.1) is 0 Å². The molecule has 0 aromatic heterocycles. The normalized spacial score (nSPS) is 26.6. The largest absolute Gasteiger partial charge is 0.316 e. The zero-order valence-corrected chi connectivity index (χ0v) is 9.44. The van der Waals surface area contributed by atoms with Gasteiger partial charge in [-0.05, 0) is 24.9 Å². The fourth-order valence-electron chi connectivity index (χ4n) is 2.14. The van der Waals surface area contributed by atoms with E-state index in [0.717, 1.165) is 6.54 Å². The average Bonchev–Trinajstić information content (AvgIpc) is 2.20. The maximum atomic E-state index is 3.47. The van der Waals surface area contributed by atoms with Crippen LogP contribution in [-0.2, 0) is 5.41 Å². The molecule has 1 saturated heterocycles. The fourth-order valence-corrected chi connectivity index (χ4v) is 2.14. The predicted octanol–water partition coefficient (Wildman–Crippen LogP) is 2.75. The topological polar surface area (TPSA) is 12.0 Å². The molecule has 1 aliphatic heterocycles. The van der Waals surface area contributed by atoms with Crippen molar-refractivity contribution in [3.63, 3.8) is 0 Å². The Morgan fingerprint density at radius 1 is 1.21 bits per heavy atom. The molecule has 1 N–H and O–H groups in total. The Hall–Kier alpha value is -0.530. The van der Waals surface area contributed by atoms with Gasteiger partial charge in [-0.25, -0.2) is 0 Å². The predicted molar refractivity (Wildman–Crippen MR) is 63.1 cm³/mol. The molecule has 1 aliphatic rings. The van der Waals surface area contributed by atoms with E-state index in [1.165, 1.54) is 24.9 Å². The lowest BCUT2D eigenvalue weighted by atomic mass is 9.77. The Morgan fingerprint density at radius 3 is 2.50 bits per heavy atom. The number of hydrogen-bond acceptors (Lipinski definition) is 1. The van der Waals surface area contributed by atoms with Gasteiger partial charge in [0.1, 0.15) is 0 Å². The highest BCUT2D eigenvalue weighted by Crippen LogP contribution is 2.29. The summed E-state index contributed by atoms with van der Waals surface area (Å²) in [4.78, 5) is 0. The second-order valence-corrected chi connectivity index (χ2v) is 4.21. The minimum atomic E-state index is 0. The second-order valence-electron chi connectivity index (χ2n) is 4.21. The standard InChI is InChI=1S/C12H17N.ClH/c1-12(8-5-9-13-10-12)11-6-3-2-4-7-11;/h2-4,6-7,13H,5,8-10H2,1H3;1H/t12-;/m0./s1. The molecule has 1 fully saturated rings. The molecule has 0 spiro atoms. The third-order valence-corrected chi connectivity index (χ3v) is 3.07. The maximum Gasteiger partial charge on any atom is 0.00500 e. The number of nitrogens with one attached hydrogen (secondary N) is 1. The summed E-state index contributed by atoms with van der Waals surface area (Å²) in [5.74, 6) is 0. The van der Waals surface area contributed by atoms with Gasteiger partial charge >= 0.3 is 0 Å². The molecule has 1 heterocycles. The van der Waals surface area contributed by atoms with Crippen LogP contribution in [0.15, 0.2) is 30.3 Å². The quantitative estimate of drug-likeness (QED) is 0.754. The molecule has 0 aliphatic carbocycles. The minimum Gasteiger partial charge on any atom is -0.316 e. The van der Waals surface area contributed by atoms with Crippen LogP contribution in [0.1, 0.15) is 25.3 Å². The van der Waals surface area contributed by atoms with E-state index in [4.69, 9.17) is 0 Å². The van der Waals surface area contributed by atoms with Crippen LogP contribution >= 0.6 is 12.4 Å². The van der Waals surface area contributed by atoms with Crippen LogP contribution in [0.4, 0.5) is 0 Å². The lowest BCUT2D eigenvalue weighted by Gasteiger charge is -2.34. The zero-order chi connectivity index (χ0) is 9.15. The van der Waals surface area contributed by atoms with E-state index >= 15 is 0 Å². The molecule has 1 atom stereocenters. The van der Waals surface area contributed by atoms with Gasteiger partial charge in [0.25, 0.3) is 0 Å². The minimum absolute atomic E-state index is 0. The average molecular weight is 212 g/mol. The number of hydrogen-bond donors (Lipinski definition) is 1. The molecule has 1 aromatic carbocycles. The zero-order valence-electron chi connectivity index (χ0n) is 8.62. The molecule has 0 bridgehead atoms. The highest BCUT2D eigenvalue weighted by Gasteiger charge is 2.27. The van der Waals surface area contributed by atoms with Crippen LogP contribution in [0.3, 0.4) is 0 Å². The molecule has 0 unspecified atom stereocenters. The van der Waals surface area contributed by atoms with Crippen LogP contribution in [0.2, 0.25) is 0 Å². The van der Waals surface area contributed by atoms with Crippen molar-refractivity contribution in [2.75, 3.05) is 13.1 Å². The van der Waals surface area contributed by atoms with Crippen molar-refractivity contribution in [3.8, 4) is 0 Å². The van der Waals surface area contributed by atoms with E-state index in [2.05, 4.69) is 42.6 Å². The van der Waals surface area contributed by atoms with Gasteiger partial charge in [-0.2, -0.15) is 0 Å². The molecule has 0 saturated carbocycles. The van der Waals surface area contributed by atoms with E-state index in [1.807, 2.05) is 0 Å². The lowest BCUT2D eigenvalue weighted by Crippen LogP contribution is -2.40. The maximum absolute atomic E-state index is 3.47. The van der Waals surface area contributed by atoms with Crippen molar-refractivity contribution in [1.82, 2.24) is 5.32 Å². The Labute approximate surface area is 92.3 Å². The van der Waals surface area contributed by atoms with Crippen molar-refractivity contribution in [2.45, 2.75) is 25.2 Å². The first kappa shape index (κ1) is 11.5. The van der Waals surface area contributed by atoms with Gasteiger partial charge in [-0.15, -0.1) is 12.4 Å². The Balaban J connectivity index is 0.000000980. The van der Waals surface area contributed by atoms with E-state index in [-0.39, 0.29) is 12.4 Å². The smallest absolute Gasteiger partial charge is 0.00500 e. The van der Waals surface area contributed by atoms with Gasteiger partial charge in [0.2, 0.25) is 0 Å². The van der Waals surface area contributed by atoms with E-state index < -0.39 is 0 Å².